The lowest BCUT2D eigenvalue weighted by Gasteiger charge is -2.27. The van der Waals surface area contributed by atoms with E-state index in [1.54, 1.807) is 0 Å². The van der Waals surface area contributed by atoms with Gasteiger partial charge in [0.05, 0.1) is 11.8 Å². The van der Waals surface area contributed by atoms with E-state index in [0.717, 1.165) is 11.5 Å². The molecule has 1 N–H and O–H groups in total. The largest absolute Gasteiger partial charge is 0.354 e. The van der Waals surface area contributed by atoms with Gasteiger partial charge in [0.15, 0.2) is 5.65 Å². The predicted molar refractivity (Wildman–Crippen MR) is 110 cm³/mol. The molecule has 1 saturated heterocycles. The summed E-state index contributed by atoms with van der Waals surface area (Å²) in [5.74, 6) is -0.443. The maximum Gasteiger partial charge on any atom is 0.243 e. The molecule has 3 amide bonds. The van der Waals surface area contributed by atoms with Crippen LogP contribution in [-0.2, 0) is 20.8 Å². The highest BCUT2D eigenvalue weighted by Gasteiger charge is 2.51. The highest BCUT2D eigenvalue weighted by atomic mass is 16.2. The SMILES string of the molecule is CC(C)C[C@H](C(=O)NCCc1nnc2ccccn12)N1C(=O)[C@H]2CC=CC[C@H]2C1=O. The van der Waals surface area contributed by atoms with Gasteiger partial charge >= 0.3 is 0 Å². The van der Waals surface area contributed by atoms with Crippen molar-refractivity contribution in [2.45, 2.75) is 45.6 Å². The van der Waals surface area contributed by atoms with Gasteiger partial charge in [0.25, 0.3) is 0 Å². The number of rotatable bonds is 7. The van der Waals surface area contributed by atoms with E-state index in [9.17, 15) is 14.4 Å². The molecule has 1 aliphatic carbocycles. The van der Waals surface area contributed by atoms with Crippen LogP contribution in [-0.4, -0.2) is 49.8 Å². The van der Waals surface area contributed by atoms with Crippen LogP contribution in [0.25, 0.3) is 5.65 Å². The van der Waals surface area contributed by atoms with Gasteiger partial charge in [0, 0.05) is 19.2 Å². The summed E-state index contributed by atoms with van der Waals surface area (Å²) in [6.07, 6.45) is 7.88. The fourth-order valence-electron chi connectivity index (χ4n) is 4.39. The monoisotopic (exact) mass is 409 g/mol. The van der Waals surface area contributed by atoms with Crippen LogP contribution >= 0.6 is 0 Å². The van der Waals surface area contributed by atoms with Crippen LogP contribution in [0.3, 0.4) is 0 Å². The summed E-state index contributed by atoms with van der Waals surface area (Å²) in [4.78, 5) is 40.2. The molecule has 158 valence electrons. The fraction of sp³-hybridized carbons (Fsp3) is 0.500. The first kappa shape index (κ1) is 20.3. The number of imide groups is 1. The van der Waals surface area contributed by atoms with Crippen LogP contribution in [0.5, 0.6) is 0 Å². The summed E-state index contributed by atoms with van der Waals surface area (Å²) in [7, 11) is 0. The topological polar surface area (TPSA) is 96.7 Å². The average Bonchev–Trinajstić information content (AvgIpc) is 3.26. The quantitative estimate of drug-likeness (QED) is 0.555. The van der Waals surface area contributed by atoms with Gasteiger partial charge in [-0.15, -0.1) is 10.2 Å². The zero-order valence-corrected chi connectivity index (χ0v) is 17.3. The van der Waals surface area contributed by atoms with Gasteiger partial charge in [0.1, 0.15) is 11.9 Å². The lowest BCUT2D eigenvalue weighted by Crippen LogP contribution is -2.51. The van der Waals surface area contributed by atoms with Gasteiger partial charge in [-0.3, -0.25) is 23.7 Å². The van der Waals surface area contributed by atoms with Crippen LogP contribution < -0.4 is 5.32 Å². The summed E-state index contributed by atoms with van der Waals surface area (Å²) < 4.78 is 1.88. The van der Waals surface area contributed by atoms with Crippen molar-refractivity contribution in [1.82, 2.24) is 24.8 Å². The summed E-state index contributed by atoms with van der Waals surface area (Å²) in [6, 6.07) is 4.89. The highest BCUT2D eigenvalue weighted by molar-refractivity contribution is 6.08. The van der Waals surface area contributed by atoms with E-state index in [1.807, 2.05) is 54.8 Å². The minimum Gasteiger partial charge on any atom is -0.354 e. The number of likely N-dealkylation sites (tertiary alicyclic amines) is 1. The third-order valence-corrected chi connectivity index (χ3v) is 5.88. The molecule has 0 saturated carbocycles. The van der Waals surface area contributed by atoms with Crippen molar-refractivity contribution in [3.05, 3.63) is 42.4 Å². The van der Waals surface area contributed by atoms with Gasteiger partial charge in [-0.2, -0.15) is 0 Å². The molecule has 1 aliphatic heterocycles. The fourth-order valence-corrected chi connectivity index (χ4v) is 4.39. The Morgan fingerprint density at radius 1 is 1.13 bits per heavy atom. The van der Waals surface area contributed by atoms with Crippen molar-refractivity contribution in [2.24, 2.45) is 17.8 Å². The summed E-state index contributed by atoms with van der Waals surface area (Å²) in [5.41, 5.74) is 0.751. The van der Waals surface area contributed by atoms with Crippen molar-refractivity contribution >= 4 is 23.4 Å². The molecule has 0 aromatic carbocycles. The van der Waals surface area contributed by atoms with Crippen LogP contribution in [0.4, 0.5) is 0 Å². The summed E-state index contributed by atoms with van der Waals surface area (Å²) in [6.45, 7) is 4.33. The number of aromatic nitrogens is 3. The van der Waals surface area contributed by atoms with Crippen LogP contribution in [0.15, 0.2) is 36.5 Å². The van der Waals surface area contributed by atoms with E-state index >= 15 is 0 Å². The van der Waals surface area contributed by atoms with Crippen LogP contribution in [0.2, 0.25) is 0 Å². The van der Waals surface area contributed by atoms with E-state index < -0.39 is 6.04 Å². The lowest BCUT2D eigenvalue weighted by atomic mass is 9.85. The number of carbonyl (C=O) groups is 3. The molecular weight excluding hydrogens is 382 g/mol. The Hall–Kier alpha value is -3.03. The van der Waals surface area contributed by atoms with Gasteiger partial charge in [-0.05, 0) is 37.3 Å². The first-order valence-corrected chi connectivity index (χ1v) is 10.6. The second kappa shape index (κ2) is 8.38. The number of amides is 3. The Morgan fingerprint density at radius 2 is 1.83 bits per heavy atom. The van der Waals surface area contributed by atoms with Gasteiger partial charge in [0.2, 0.25) is 17.7 Å². The van der Waals surface area contributed by atoms with Gasteiger partial charge < -0.3 is 5.32 Å². The number of hydrogen-bond donors (Lipinski definition) is 1. The van der Waals surface area contributed by atoms with Crippen molar-refractivity contribution < 1.29 is 14.4 Å². The Balaban J connectivity index is 1.45. The maximum atomic E-state index is 13.0. The van der Waals surface area contributed by atoms with E-state index in [4.69, 9.17) is 0 Å². The molecule has 2 aromatic rings. The lowest BCUT2D eigenvalue weighted by molar-refractivity contribution is -0.148. The zero-order chi connectivity index (χ0) is 21.3. The van der Waals surface area contributed by atoms with Crippen molar-refractivity contribution in [3.63, 3.8) is 0 Å². The number of fused-ring (bicyclic) bond motifs is 2. The molecular formula is C22H27N5O3. The molecule has 8 nitrogen and oxygen atoms in total. The molecule has 1 fully saturated rings. The number of carbonyl (C=O) groups excluding carboxylic acids is 3. The van der Waals surface area contributed by atoms with Gasteiger partial charge in [-0.25, -0.2) is 0 Å². The molecule has 3 atom stereocenters. The molecule has 4 rings (SSSR count). The van der Waals surface area contributed by atoms with E-state index in [2.05, 4.69) is 15.5 Å². The van der Waals surface area contributed by atoms with E-state index in [0.29, 0.717) is 32.2 Å². The molecule has 0 bridgehead atoms. The normalized spacial score (nSPS) is 22.0. The van der Waals surface area contributed by atoms with E-state index in [1.165, 1.54) is 4.90 Å². The third kappa shape index (κ3) is 3.74. The highest BCUT2D eigenvalue weighted by Crippen LogP contribution is 2.37. The number of hydrogen-bond acceptors (Lipinski definition) is 5. The first-order valence-electron chi connectivity index (χ1n) is 10.6. The minimum absolute atomic E-state index is 0.169. The molecule has 2 aliphatic rings. The second-order valence-corrected chi connectivity index (χ2v) is 8.43. The Morgan fingerprint density at radius 3 is 2.50 bits per heavy atom. The standard InChI is InChI=1S/C22H27N5O3/c1-14(2)13-17(27-21(29)15-7-3-4-8-16(15)22(27)30)20(28)23-11-10-19-25-24-18-9-5-6-12-26(18)19/h3-6,9,12,14-17H,7-8,10-11,13H2,1-2H3,(H,23,28)/t15-,16+,17-/m1/s1. The zero-order valence-electron chi connectivity index (χ0n) is 17.3. The first-order chi connectivity index (χ1) is 14.5. The minimum atomic E-state index is -0.772. The molecule has 30 heavy (non-hydrogen) atoms. The summed E-state index contributed by atoms with van der Waals surface area (Å²) in [5, 5.41) is 11.2. The van der Waals surface area contributed by atoms with E-state index in [-0.39, 0.29) is 35.5 Å². The van der Waals surface area contributed by atoms with Gasteiger partial charge in [-0.1, -0.05) is 32.1 Å². The predicted octanol–water partition coefficient (Wildman–Crippen LogP) is 1.75. The second-order valence-electron chi connectivity index (χ2n) is 8.43. The van der Waals surface area contributed by atoms with Crippen molar-refractivity contribution in [2.75, 3.05) is 6.54 Å². The average molecular weight is 409 g/mol. The Kier molecular flexibility index (Phi) is 5.65. The number of allylic oxidation sites excluding steroid dienone is 2. The molecule has 0 radical (unpaired) electrons. The molecule has 8 heteroatoms. The third-order valence-electron chi connectivity index (χ3n) is 5.88. The molecule has 2 aromatic heterocycles. The van der Waals surface area contributed by atoms with Crippen LogP contribution in [0.1, 0.15) is 38.9 Å². The van der Waals surface area contributed by atoms with Crippen LogP contribution in [0, 0.1) is 17.8 Å². The van der Waals surface area contributed by atoms with Crippen molar-refractivity contribution in [1.29, 1.82) is 0 Å². The molecule has 0 spiro atoms. The summed E-state index contributed by atoms with van der Waals surface area (Å²) >= 11 is 0. The Labute approximate surface area is 175 Å². The smallest absolute Gasteiger partial charge is 0.243 e. The number of nitrogens with one attached hydrogen (secondary N) is 1. The molecule has 3 heterocycles. The Bertz CT molecular complexity index is 970. The number of nitrogens with zero attached hydrogens (tertiary/aromatic N) is 4. The number of pyridine rings is 1. The molecule has 0 unspecified atom stereocenters. The maximum absolute atomic E-state index is 13.0. The van der Waals surface area contributed by atoms with Crippen molar-refractivity contribution in [3.8, 4) is 0 Å².